The fourth-order valence-electron chi connectivity index (χ4n) is 9.75. The Kier molecular flexibility index (Phi) is 9.89. The van der Waals surface area contributed by atoms with Gasteiger partial charge in [-0.1, -0.05) is 206 Å². The smallest absolute Gasteiger partial charge is 0.0541 e. The van der Waals surface area contributed by atoms with Crippen LogP contribution in [0.15, 0.2) is 267 Å². The van der Waals surface area contributed by atoms with Crippen molar-refractivity contribution >= 4 is 49.6 Å². The van der Waals surface area contributed by atoms with Gasteiger partial charge >= 0.3 is 0 Å². The van der Waals surface area contributed by atoms with E-state index < -0.39 is 0 Å². The summed E-state index contributed by atoms with van der Waals surface area (Å²) in [5, 5.41) is 5.01. The minimum Gasteiger partial charge on any atom is -0.310 e. The van der Waals surface area contributed by atoms with E-state index in [1.165, 1.54) is 77.1 Å². The van der Waals surface area contributed by atoms with Gasteiger partial charge < -0.3 is 9.47 Å². The van der Waals surface area contributed by atoms with E-state index in [1.807, 2.05) is 0 Å². The van der Waals surface area contributed by atoms with Crippen molar-refractivity contribution < 1.29 is 0 Å². The third-order valence-corrected chi connectivity index (χ3v) is 13.0. The van der Waals surface area contributed by atoms with Crippen molar-refractivity contribution in [2.24, 2.45) is 0 Å². The largest absolute Gasteiger partial charge is 0.310 e. The van der Waals surface area contributed by atoms with Crippen molar-refractivity contribution in [2.75, 3.05) is 4.90 Å². The number of fused-ring (bicyclic) bond motifs is 4. The topological polar surface area (TPSA) is 8.17 Å². The number of para-hydroxylation sites is 3. The SMILES string of the molecule is c1ccc(-c2ccc(N(c3ccc(-c4ccc(-c5ccc6ccccc6c5)cc4)cc3)c3ccc(-c4ccccc4-n4c5ccccc5c5ccccc54)c(-c4ccccc4)c3)cc2)cc1. The van der Waals surface area contributed by atoms with Gasteiger partial charge in [0.05, 0.1) is 16.7 Å². The third kappa shape index (κ3) is 7.12. The molecule has 2 nitrogen and oxygen atoms in total. The molecule has 0 bridgehead atoms. The van der Waals surface area contributed by atoms with Gasteiger partial charge in [-0.2, -0.15) is 0 Å². The summed E-state index contributed by atoms with van der Waals surface area (Å²) < 4.78 is 2.43. The molecular weight excluding hydrogens is 797 g/mol. The molecule has 0 unspecified atom stereocenters. The molecule has 0 aliphatic rings. The normalized spacial score (nSPS) is 11.3. The van der Waals surface area contributed by atoms with Gasteiger partial charge in [-0.25, -0.2) is 0 Å². The number of benzene rings is 11. The fourth-order valence-corrected chi connectivity index (χ4v) is 9.75. The van der Waals surface area contributed by atoms with Gasteiger partial charge in [0.25, 0.3) is 0 Å². The van der Waals surface area contributed by atoms with Crippen molar-refractivity contribution in [3.05, 3.63) is 267 Å². The fraction of sp³-hybridized carbons (Fsp3) is 0. The van der Waals surface area contributed by atoms with Crippen LogP contribution in [0.25, 0.3) is 93.9 Å². The molecular formula is C64H44N2. The molecule has 310 valence electrons. The predicted octanol–water partition coefficient (Wildman–Crippen LogP) is 17.7. The molecule has 12 aromatic rings. The molecule has 0 fully saturated rings. The number of hydrogen-bond acceptors (Lipinski definition) is 1. The van der Waals surface area contributed by atoms with Crippen LogP contribution in [0.3, 0.4) is 0 Å². The maximum Gasteiger partial charge on any atom is 0.0541 e. The number of nitrogens with zero attached hydrogens (tertiary/aromatic N) is 2. The highest BCUT2D eigenvalue weighted by Gasteiger charge is 2.20. The molecule has 0 amide bonds. The maximum atomic E-state index is 2.43. The van der Waals surface area contributed by atoms with E-state index in [2.05, 4.69) is 276 Å². The summed E-state index contributed by atoms with van der Waals surface area (Å²) in [6, 6.07) is 96.9. The Morgan fingerprint density at radius 3 is 1.30 bits per heavy atom. The molecule has 0 spiro atoms. The minimum absolute atomic E-state index is 1.08. The monoisotopic (exact) mass is 840 g/mol. The van der Waals surface area contributed by atoms with Crippen molar-refractivity contribution in [3.8, 4) is 61.3 Å². The highest BCUT2D eigenvalue weighted by Crippen LogP contribution is 2.44. The van der Waals surface area contributed by atoms with E-state index in [-0.39, 0.29) is 0 Å². The van der Waals surface area contributed by atoms with Crippen LogP contribution in [-0.2, 0) is 0 Å². The Bertz CT molecular complexity index is 3610. The number of anilines is 3. The van der Waals surface area contributed by atoms with Gasteiger partial charge in [-0.05, 0) is 122 Å². The van der Waals surface area contributed by atoms with Crippen LogP contribution < -0.4 is 4.90 Å². The van der Waals surface area contributed by atoms with E-state index in [9.17, 15) is 0 Å². The molecule has 0 saturated heterocycles. The lowest BCUT2D eigenvalue weighted by Crippen LogP contribution is -2.10. The first-order chi connectivity index (χ1) is 32.7. The molecule has 11 aromatic carbocycles. The first kappa shape index (κ1) is 38.9. The van der Waals surface area contributed by atoms with Gasteiger partial charge in [-0.15, -0.1) is 0 Å². The highest BCUT2D eigenvalue weighted by atomic mass is 15.1. The van der Waals surface area contributed by atoms with Crippen LogP contribution in [0.1, 0.15) is 0 Å². The Balaban J connectivity index is 0.971. The molecule has 0 atom stereocenters. The summed E-state index contributed by atoms with van der Waals surface area (Å²) in [7, 11) is 0. The van der Waals surface area contributed by atoms with Crippen molar-refractivity contribution in [2.45, 2.75) is 0 Å². The van der Waals surface area contributed by atoms with Crippen LogP contribution in [0, 0.1) is 0 Å². The van der Waals surface area contributed by atoms with Gasteiger partial charge in [0, 0.05) is 33.4 Å². The first-order valence-electron chi connectivity index (χ1n) is 22.7. The highest BCUT2D eigenvalue weighted by molar-refractivity contribution is 6.10. The molecule has 12 rings (SSSR count). The van der Waals surface area contributed by atoms with Crippen LogP contribution in [0.5, 0.6) is 0 Å². The van der Waals surface area contributed by atoms with E-state index in [0.717, 1.165) is 33.9 Å². The second kappa shape index (κ2) is 16.8. The van der Waals surface area contributed by atoms with E-state index in [1.54, 1.807) is 0 Å². The summed E-state index contributed by atoms with van der Waals surface area (Å²) in [5.41, 5.74) is 18.6. The number of rotatable bonds is 9. The summed E-state index contributed by atoms with van der Waals surface area (Å²) >= 11 is 0. The second-order valence-electron chi connectivity index (χ2n) is 16.9. The Morgan fingerprint density at radius 2 is 0.682 bits per heavy atom. The van der Waals surface area contributed by atoms with E-state index in [4.69, 9.17) is 0 Å². The zero-order valence-electron chi connectivity index (χ0n) is 36.3. The lowest BCUT2D eigenvalue weighted by molar-refractivity contribution is 1.18. The number of aromatic nitrogens is 1. The molecule has 0 radical (unpaired) electrons. The molecule has 66 heavy (non-hydrogen) atoms. The summed E-state index contributed by atoms with van der Waals surface area (Å²) in [6.07, 6.45) is 0. The van der Waals surface area contributed by atoms with Crippen LogP contribution in [-0.4, -0.2) is 4.57 Å². The summed E-state index contributed by atoms with van der Waals surface area (Å²) in [4.78, 5) is 2.39. The molecule has 0 aliphatic carbocycles. The average molecular weight is 841 g/mol. The Morgan fingerprint density at radius 1 is 0.242 bits per heavy atom. The van der Waals surface area contributed by atoms with Crippen molar-refractivity contribution in [3.63, 3.8) is 0 Å². The molecule has 2 heteroatoms. The van der Waals surface area contributed by atoms with Gasteiger partial charge in [0.15, 0.2) is 0 Å². The lowest BCUT2D eigenvalue weighted by atomic mass is 9.92. The second-order valence-corrected chi connectivity index (χ2v) is 16.9. The zero-order chi connectivity index (χ0) is 43.8. The summed E-state index contributed by atoms with van der Waals surface area (Å²) in [6.45, 7) is 0. The van der Waals surface area contributed by atoms with E-state index in [0.29, 0.717) is 0 Å². The van der Waals surface area contributed by atoms with Gasteiger partial charge in [0.2, 0.25) is 0 Å². The quantitative estimate of drug-likeness (QED) is 0.141. The average Bonchev–Trinajstić information content (AvgIpc) is 3.74. The van der Waals surface area contributed by atoms with Crippen molar-refractivity contribution in [1.29, 1.82) is 0 Å². The predicted molar refractivity (Wildman–Crippen MR) is 280 cm³/mol. The zero-order valence-corrected chi connectivity index (χ0v) is 36.3. The Labute approximate surface area is 385 Å². The van der Waals surface area contributed by atoms with Crippen LogP contribution >= 0.6 is 0 Å². The summed E-state index contributed by atoms with van der Waals surface area (Å²) in [5.74, 6) is 0. The molecule has 0 aliphatic heterocycles. The molecule has 0 saturated carbocycles. The standard InChI is InChI=1S/C64H44N2/c1-3-15-45(16-4-1)48-33-37-54(38-34-48)65(55-39-35-49(36-40-55)47-27-29-50(30-28-47)53-32-31-46-17-7-8-20-52(46)43-53)56-41-42-57(61(44-56)51-18-5-2-6-19-51)58-21-9-12-24-62(58)66-63-25-13-10-22-59(63)60-23-11-14-26-64(60)66/h1-44H. The Hall–Kier alpha value is -8.72. The maximum absolute atomic E-state index is 2.43. The van der Waals surface area contributed by atoms with Gasteiger partial charge in [-0.3, -0.25) is 0 Å². The third-order valence-electron chi connectivity index (χ3n) is 13.0. The molecule has 1 aromatic heterocycles. The van der Waals surface area contributed by atoms with Crippen molar-refractivity contribution in [1.82, 2.24) is 4.57 Å². The van der Waals surface area contributed by atoms with E-state index >= 15 is 0 Å². The van der Waals surface area contributed by atoms with Gasteiger partial charge in [0.1, 0.15) is 0 Å². The molecule has 0 N–H and O–H groups in total. The van der Waals surface area contributed by atoms with Crippen LogP contribution in [0.4, 0.5) is 17.1 Å². The number of hydrogen-bond donors (Lipinski definition) is 0. The lowest BCUT2D eigenvalue weighted by Gasteiger charge is -2.27. The van der Waals surface area contributed by atoms with Crippen LogP contribution in [0.2, 0.25) is 0 Å². The molecule has 1 heterocycles. The first-order valence-corrected chi connectivity index (χ1v) is 22.7. The minimum atomic E-state index is 1.08.